The summed E-state index contributed by atoms with van der Waals surface area (Å²) < 4.78 is 4.43. The molecule has 8 nitrogen and oxygen atoms in total. The van der Waals surface area contributed by atoms with Gasteiger partial charge in [0.25, 0.3) is 0 Å². The number of nitrogens with zero attached hydrogens (tertiary/aromatic N) is 6. The molecule has 0 saturated carbocycles. The smallest absolute Gasteiger partial charge is 0.111 e. The average Bonchev–Trinajstić information content (AvgIpc) is 3.45. The lowest BCUT2D eigenvalue weighted by Gasteiger charge is -2.34. The molecule has 4 heterocycles. The summed E-state index contributed by atoms with van der Waals surface area (Å²) in [5.41, 5.74) is 5.05. The highest BCUT2D eigenvalue weighted by Crippen LogP contribution is 2.32. The fraction of sp³-hybridized carbons (Fsp3) is 0.583. The lowest BCUT2D eigenvalue weighted by molar-refractivity contribution is 0.110. The zero-order valence-corrected chi connectivity index (χ0v) is 19.1. The molecular formula is C24H35N7O. The van der Waals surface area contributed by atoms with Crippen molar-refractivity contribution in [3.05, 3.63) is 42.0 Å². The van der Waals surface area contributed by atoms with Crippen LogP contribution in [0.2, 0.25) is 0 Å². The Morgan fingerprint density at radius 3 is 2.62 bits per heavy atom. The Morgan fingerprint density at radius 2 is 1.88 bits per heavy atom. The van der Waals surface area contributed by atoms with E-state index in [-0.39, 0.29) is 6.61 Å². The van der Waals surface area contributed by atoms with E-state index in [0.29, 0.717) is 6.04 Å². The number of nitrogens with one attached hydrogen (secondary N) is 1. The molecule has 172 valence electrons. The van der Waals surface area contributed by atoms with E-state index < -0.39 is 0 Å². The molecule has 2 aliphatic rings. The largest absolute Gasteiger partial charge is 0.395 e. The summed E-state index contributed by atoms with van der Waals surface area (Å²) in [6, 6.07) is 6.99. The first-order valence-electron chi connectivity index (χ1n) is 12.0. The van der Waals surface area contributed by atoms with Crippen molar-refractivity contribution in [2.75, 3.05) is 51.2 Å². The van der Waals surface area contributed by atoms with Crippen molar-refractivity contribution in [3.8, 4) is 0 Å². The molecule has 2 N–H and O–H groups in total. The Balaban J connectivity index is 1.37. The Kier molecular flexibility index (Phi) is 6.43. The zero-order chi connectivity index (χ0) is 21.9. The second-order valence-corrected chi connectivity index (χ2v) is 9.15. The van der Waals surface area contributed by atoms with Crippen LogP contribution in [0.1, 0.15) is 24.7 Å². The van der Waals surface area contributed by atoms with Gasteiger partial charge in [-0.05, 0) is 38.0 Å². The number of β-amino-alcohol motifs (C(OH)–C–C–N with tert-alkyl or cyclic N) is 1. The lowest BCUT2D eigenvalue weighted by atomic mass is 9.98. The molecule has 2 aromatic heterocycles. The predicted molar refractivity (Wildman–Crippen MR) is 127 cm³/mol. The van der Waals surface area contributed by atoms with Crippen molar-refractivity contribution in [1.82, 2.24) is 29.1 Å². The van der Waals surface area contributed by atoms with Crippen molar-refractivity contribution in [1.29, 1.82) is 0 Å². The van der Waals surface area contributed by atoms with E-state index in [1.807, 2.05) is 23.1 Å². The normalized spacial score (nSPS) is 19.9. The maximum absolute atomic E-state index is 9.19. The van der Waals surface area contributed by atoms with Crippen LogP contribution in [0.5, 0.6) is 0 Å². The number of hydrogen-bond donors (Lipinski definition) is 2. The topological polar surface area (TPSA) is 74.4 Å². The summed E-state index contributed by atoms with van der Waals surface area (Å²) in [7, 11) is 0. The summed E-state index contributed by atoms with van der Waals surface area (Å²) >= 11 is 0. The zero-order valence-electron chi connectivity index (χ0n) is 19.1. The van der Waals surface area contributed by atoms with Crippen LogP contribution in [0.3, 0.4) is 0 Å². The Bertz CT molecular complexity index is 1020. The minimum Gasteiger partial charge on any atom is -0.395 e. The molecule has 1 saturated heterocycles. The van der Waals surface area contributed by atoms with Gasteiger partial charge in [0.1, 0.15) is 5.82 Å². The van der Waals surface area contributed by atoms with Crippen LogP contribution in [0.15, 0.2) is 30.6 Å². The van der Waals surface area contributed by atoms with E-state index in [0.717, 1.165) is 77.4 Å². The van der Waals surface area contributed by atoms with Gasteiger partial charge in [-0.2, -0.15) is 5.10 Å². The number of piperazine rings is 1. The molecule has 2 aliphatic heterocycles. The number of aliphatic hydroxyl groups is 1. The highest BCUT2D eigenvalue weighted by molar-refractivity contribution is 5.86. The first-order valence-corrected chi connectivity index (χ1v) is 12.0. The predicted octanol–water partition coefficient (Wildman–Crippen LogP) is 1.83. The lowest BCUT2D eigenvalue weighted by Crippen LogP contribution is -2.47. The van der Waals surface area contributed by atoms with Crippen molar-refractivity contribution < 1.29 is 5.11 Å². The molecule has 3 aromatic rings. The number of fused-ring (bicyclic) bond motifs is 3. The number of anilines is 1. The van der Waals surface area contributed by atoms with Crippen LogP contribution in [-0.2, 0) is 25.9 Å². The fourth-order valence-electron chi connectivity index (χ4n) is 5.09. The quantitative estimate of drug-likeness (QED) is 0.560. The van der Waals surface area contributed by atoms with Gasteiger partial charge in [0.15, 0.2) is 0 Å². The second-order valence-electron chi connectivity index (χ2n) is 9.15. The molecule has 0 spiro atoms. The van der Waals surface area contributed by atoms with E-state index in [1.165, 1.54) is 22.3 Å². The standard InChI is InChI=1S/C24H35N7O/c1-19-3-4-20-21(26-19)5-6-22-24(20)27-23(7-10-30-9-2-8-25-30)31(22)16-15-28-11-13-29(14-12-28)17-18-32/h2,5-6,8-9,19,26,32H,3-4,7,10-18H2,1H3/t19-/m0/s1. The summed E-state index contributed by atoms with van der Waals surface area (Å²) in [5, 5.41) is 17.2. The number of hydrogen-bond acceptors (Lipinski definition) is 6. The number of aliphatic hydroxyl groups excluding tert-OH is 1. The van der Waals surface area contributed by atoms with Gasteiger partial charge in [0.2, 0.25) is 0 Å². The molecule has 1 aromatic carbocycles. The van der Waals surface area contributed by atoms with Gasteiger partial charge in [-0.1, -0.05) is 0 Å². The average molecular weight is 438 g/mol. The summed E-state index contributed by atoms with van der Waals surface area (Å²) in [5.74, 6) is 1.15. The molecule has 0 bridgehead atoms. The van der Waals surface area contributed by atoms with Gasteiger partial charge >= 0.3 is 0 Å². The number of aromatic nitrogens is 4. The monoisotopic (exact) mass is 437 g/mol. The van der Waals surface area contributed by atoms with Gasteiger partial charge in [-0.25, -0.2) is 4.98 Å². The van der Waals surface area contributed by atoms with Crippen molar-refractivity contribution in [2.45, 2.75) is 45.3 Å². The molecule has 0 unspecified atom stereocenters. The third-order valence-corrected chi connectivity index (χ3v) is 6.98. The molecular weight excluding hydrogens is 402 g/mol. The van der Waals surface area contributed by atoms with Gasteiger partial charge in [0.05, 0.1) is 17.6 Å². The number of rotatable bonds is 8. The van der Waals surface area contributed by atoms with Crippen molar-refractivity contribution >= 4 is 16.7 Å². The van der Waals surface area contributed by atoms with Crippen LogP contribution in [0.25, 0.3) is 11.0 Å². The SMILES string of the molecule is C[C@H]1CCc2c(ccc3c2nc(CCn2cccn2)n3CCN2CCN(CCO)CC2)N1. The summed E-state index contributed by atoms with van der Waals surface area (Å²) in [4.78, 5) is 10.1. The number of benzene rings is 1. The first-order chi connectivity index (χ1) is 15.7. The van der Waals surface area contributed by atoms with Crippen LogP contribution in [0, 0.1) is 0 Å². The van der Waals surface area contributed by atoms with Crippen molar-refractivity contribution in [2.24, 2.45) is 0 Å². The van der Waals surface area contributed by atoms with Gasteiger partial charge in [0, 0.05) is 88.5 Å². The van der Waals surface area contributed by atoms with Gasteiger partial charge in [-0.3, -0.25) is 14.5 Å². The highest BCUT2D eigenvalue weighted by Gasteiger charge is 2.22. The van der Waals surface area contributed by atoms with E-state index in [1.54, 1.807) is 0 Å². The number of aryl methyl sites for hydroxylation is 3. The Morgan fingerprint density at radius 1 is 1.06 bits per heavy atom. The molecule has 8 heteroatoms. The van der Waals surface area contributed by atoms with Gasteiger partial charge in [-0.15, -0.1) is 0 Å². The third-order valence-electron chi connectivity index (χ3n) is 6.98. The Hall–Kier alpha value is -2.42. The van der Waals surface area contributed by atoms with Crippen LogP contribution in [0.4, 0.5) is 5.69 Å². The Labute approximate surface area is 189 Å². The third kappa shape index (κ3) is 4.53. The fourth-order valence-corrected chi connectivity index (χ4v) is 5.09. The minimum absolute atomic E-state index is 0.249. The molecule has 5 rings (SSSR count). The maximum atomic E-state index is 9.19. The molecule has 0 radical (unpaired) electrons. The van der Waals surface area contributed by atoms with E-state index in [9.17, 15) is 5.11 Å². The molecule has 32 heavy (non-hydrogen) atoms. The number of imidazole rings is 1. The van der Waals surface area contributed by atoms with Gasteiger partial charge < -0.3 is 15.0 Å². The molecule has 0 aliphatic carbocycles. The van der Waals surface area contributed by atoms with Crippen LogP contribution < -0.4 is 5.32 Å². The van der Waals surface area contributed by atoms with Crippen molar-refractivity contribution in [3.63, 3.8) is 0 Å². The van der Waals surface area contributed by atoms with E-state index >= 15 is 0 Å². The van der Waals surface area contributed by atoms with E-state index in [4.69, 9.17) is 4.98 Å². The van der Waals surface area contributed by atoms with E-state index in [2.05, 4.69) is 43.8 Å². The van der Waals surface area contributed by atoms with Crippen LogP contribution in [-0.4, -0.2) is 86.2 Å². The maximum Gasteiger partial charge on any atom is 0.111 e. The minimum atomic E-state index is 0.249. The first kappa shape index (κ1) is 21.4. The molecule has 0 amide bonds. The highest BCUT2D eigenvalue weighted by atomic mass is 16.3. The summed E-state index contributed by atoms with van der Waals surface area (Å²) in [6.45, 7) is 10.3. The second kappa shape index (κ2) is 9.60. The molecule has 1 fully saturated rings. The van der Waals surface area contributed by atoms with Crippen LogP contribution >= 0.6 is 0 Å². The molecule has 1 atom stereocenters. The summed E-state index contributed by atoms with van der Waals surface area (Å²) in [6.07, 6.45) is 6.97.